The number of carbonyl (C=O) groups is 7. The second-order valence-corrected chi connectivity index (χ2v) is 31.3. The highest BCUT2D eigenvalue weighted by molar-refractivity contribution is 7.88. The predicted molar refractivity (Wildman–Crippen MR) is 377 cm³/mol. The van der Waals surface area contributed by atoms with Gasteiger partial charge in [0.15, 0.2) is 0 Å². The van der Waals surface area contributed by atoms with Crippen LogP contribution in [0.2, 0.25) is 0 Å². The summed E-state index contributed by atoms with van der Waals surface area (Å²) in [5.74, 6) is -3.53. The van der Waals surface area contributed by atoms with Crippen molar-refractivity contribution in [2.24, 2.45) is 5.73 Å². The second kappa shape index (κ2) is 39.1. The number of benzene rings is 5. The van der Waals surface area contributed by atoms with E-state index in [0.717, 1.165) is 61.4 Å². The number of carbonyl (C=O) groups excluding carboxylic acids is 7. The molecule has 0 unspecified atom stereocenters. The van der Waals surface area contributed by atoms with Crippen molar-refractivity contribution in [3.8, 4) is 0 Å². The maximum atomic E-state index is 13.3. The maximum absolute atomic E-state index is 13.3. The van der Waals surface area contributed by atoms with Gasteiger partial charge in [0.1, 0.15) is 53.5 Å². The number of hydrogen-bond acceptors (Lipinski definition) is 16. The Morgan fingerprint density at radius 3 is 1.04 bits per heavy atom. The standard InChI is InChI=1S/C26H32F2N4O4S.C17H24FN3O5S.C17H22FN3O5S.C9H10FN.CH4/c1-37(35,36)32-15-13-31(14-16-32)26(34)23(30-25(33)19-6-10-21(28)11-7-19)3-2-12-29-24-17-22(24)18-4-8-20(27)9-5-18;2*1-27(25,26)21-10-8-20(9-11-21)17(24)15(3-2-12-22)19-16(23)13-4-6-14(18)7-5-13;10-7-3-1-6(2-4-7)8-5-9(8)11;/h4-11,22-24,29H,2-3,12-17H2,1H3,(H,30,33);4-7,15,22H,2-3,8-12H2,1H3,(H,19,23);4-7,12,15H,2-3,8-11H2,1H3,(H,19,23);1-4,8-9H,5,11H2;1H4/t22-,23-,24+;2*15-;8-,9+;/m0000./s1/i;;;;1D. The monoisotopic (exact) mass is 1500 g/mol. The molecule has 6 amide bonds. The summed E-state index contributed by atoms with van der Waals surface area (Å²) in [6, 6.07) is 26.1. The Kier molecular flexibility index (Phi) is 31.2. The van der Waals surface area contributed by atoms with E-state index in [2.05, 4.69) is 21.3 Å². The molecule has 5 aliphatic rings. The Hall–Kier alpha value is -8.15. The van der Waals surface area contributed by atoms with Crippen molar-refractivity contribution in [3.63, 3.8) is 0 Å². The van der Waals surface area contributed by atoms with Gasteiger partial charge in [-0.05, 0) is 160 Å². The first-order valence-electron chi connectivity index (χ1n) is 34.3. The van der Waals surface area contributed by atoms with Crippen LogP contribution in [-0.4, -0.2) is 240 Å². The third kappa shape index (κ3) is 26.5. The van der Waals surface area contributed by atoms with Gasteiger partial charge in [-0.25, -0.2) is 47.2 Å². The smallest absolute Gasteiger partial charge is 0.251 e. The van der Waals surface area contributed by atoms with Crippen molar-refractivity contribution in [2.45, 2.75) is 101 Å². The molecule has 564 valence electrons. The lowest BCUT2D eigenvalue weighted by atomic mass is 10.1. The predicted octanol–water partition coefficient (Wildman–Crippen LogP) is 4.18. The van der Waals surface area contributed by atoms with Gasteiger partial charge in [-0.3, -0.25) is 28.8 Å². The molecular formula is C70H92F5N11O14S3. The summed E-state index contributed by atoms with van der Waals surface area (Å²) in [6.07, 6.45) is 7.83. The summed E-state index contributed by atoms with van der Waals surface area (Å²) in [4.78, 5) is 91.6. The van der Waals surface area contributed by atoms with Gasteiger partial charge >= 0.3 is 0 Å². The first-order valence-corrected chi connectivity index (χ1v) is 38.8. The van der Waals surface area contributed by atoms with E-state index in [4.69, 9.17) is 12.2 Å². The van der Waals surface area contributed by atoms with E-state index >= 15 is 0 Å². The summed E-state index contributed by atoms with van der Waals surface area (Å²) >= 11 is 0. The summed E-state index contributed by atoms with van der Waals surface area (Å²) in [6.45, 7) is 3.03. The van der Waals surface area contributed by atoms with Gasteiger partial charge in [0.25, 0.3) is 17.7 Å². The Labute approximate surface area is 600 Å². The molecule has 5 aromatic rings. The molecule has 33 heteroatoms. The number of piperazine rings is 3. The highest BCUT2D eigenvalue weighted by Gasteiger charge is 2.39. The van der Waals surface area contributed by atoms with E-state index < -0.39 is 83.4 Å². The summed E-state index contributed by atoms with van der Waals surface area (Å²) in [7, 11) is -8.71. The van der Waals surface area contributed by atoms with Gasteiger partial charge in [0.2, 0.25) is 47.8 Å². The van der Waals surface area contributed by atoms with E-state index in [1.54, 1.807) is 17.0 Å². The molecule has 2 aliphatic carbocycles. The molecule has 0 bridgehead atoms. The molecule has 103 heavy (non-hydrogen) atoms. The summed E-state index contributed by atoms with van der Waals surface area (Å²) in [5, 5.41) is 20.5. The minimum atomic E-state index is -3.33. The zero-order valence-corrected chi connectivity index (χ0v) is 60.3. The molecule has 2 saturated carbocycles. The quantitative estimate of drug-likeness (QED) is 0.0271. The number of aliphatic hydroxyl groups is 1. The van der Waals surface area contributed by atoms with Crippen molar-refractivity contribution >= 4 is 71.8 Å². The van der Waals surface area contributed by atoms with Crippen molar-refractivity contribution in [1.29, 1.82) is 0 Å². The zero-order valence-electron chi connectivity index (χ0n) is 58.9. The fraction of sp³-hybridized carbons (Fsp3) is 0.471. The minimum absolute atomic E-state index is 0.0867. The van der Waals surface area contributed by atoms with Gasteiger partial charge in [-0.1, -0.05) is 31.7 Å². The molecule has 5 fully saturated rings. The van der Waals surface area contributed by atoms with Gasteiger partial charge in [0, 0.05) is 134 Å². The highest BCUT2D eigenvalue weighted by Crippen LogP contribution is 2.41. The van der Waals surface area contributed by atoms with E-state index in [-0.39, 0.29) is 156 Å². The number of rotatable bonds is 25. The van der Waals surface area contributed by atoms with Crippen LogP contribution in [0, 0.1) is 29.1 Å². The number of aldehydes is 1. The molecule has 0 radical (unpaired) electrons. The van der Waals surface area contributed by atoms with Crippen LogP contribution in [-0.2, 0) is 49.2 Å². The Morgan fingerprint density at radius 2 is 0.757 bits per heavy atom. The number of amides is 6. The molecule has 7 atom stereocenters. The number of nitrogens with one attached hydrogen (secondary N) is 4. The largest absolute Gasteiger partial charge is 0.396 e. The Bertz CT molecular complexity index is 3990. The molecule has 0 aromatic heterocycles. The molecule has 25 nitrogen and oxygen atoms in total. The normalized spacial score (nSPS) is 19.4. The van der Waals surface area contributed by atoms with Gasteiger partial charge in [-0.15, -0.1) is 0 Å². The molecule has 0 spiro atoms. The zero-order chi connectivity index (χ0) is 76.5. The van der Waals surface area contributed by atoms with Crippen LogP contribution in [0.15, 0.2) is 121 Å². The first-order chi connectivity index (χ1) is 49.3. The van der Waals surface area contributed by atoms with Crippen LogP contribution >= 0.6 is 0 Å². The fourth-order valence-electron chi connectivity index (χ4n) is 11.6. The van der Waals surface area contributed by atoms with Crippen molar-refractivity contribution in [2.75, 3.05) is 110 Å². The van der Waals surface area contributed by atoms with E-state index in [1.807, 2.05) is 12.1 Å². The van der Waals surface area contributed by atoms with E-state index in [9.17, 15) is 80.8 Å². The van der Waals surface area contributed by atoms with Gasteiger partial charge < -0.3 is 51.6 Å². The van der Waals surface area contributed by atoms with Crippen LogP contribution in [0.1, 0.15) is 114 Å². The maximum Gasteiger partial charge on any atom is 0.251 e. The average molecular weight is 1500 g/mol. The second-order valence-electron chi connectivity index (χ2n) is 25.3. The lowest BCUT2D eigenvalue weighted by molar-refractivity contribution is -0.135. The van der Waals surface area contributed by atoms with Crippen LogP contribution in [0.5, 0.6) is 0 Å². The third-order valence-electron chi connectivity index (χ3n) is 17.7. The van der Waals surface area contributed by atoms with Crippen molar-refractivity contribution in [1.82, 2.24) is 48.9 Å². The highest BCUT2D eigenvalue weighted by atomic mass is 32.2. The van der Waals surface area contributed by atoms with Crippen LogP contribution in [0.25, 0.3) is 0 Å². The third-order valence-corrected chi connectivity index (χ3v) is 21.6. The molecule has 10 rings (SSSR count). The molecule has 3 saturated heterocycles. The van der Waals surface area contributed by atoms with Crippen molar-refractivity contribution in [3.05, 3.63) is 178 Å². The van der Waals surface area contributed by atoms with E-state index in [1.165, 1.54) is 108 Å². The minimum Gasteiger partial charge on any atom is -0.396 e. The molecule has 7 N–H and O–H groups in total. The number of halogens is 5. The van der Waals surface area contributed by atoms with Crippen molar-refractivity contribution < 1.29 is 87.2 Å². The lowest BCUT2D eigenvalue weighted by Gasteiger charge is -2.35. The number of hydrogen-bond donors (Lipinski definition) is 6. The topological polar surface area (TPSA) is 336 Å². The average Bonchev–Trinajstić information content (AvgIpc) is 1.64. The summed E-state index contributed by atoms with van der Waals surface area (Å²) in [5.41, 5.74) is 8.57. The summed E-state index contributed by atoms with van der Waals surface area (Å²) < 4.78 is 144. The van der Waals surface area contributed by atoms with Gasteiger partial charge in [-0.2, -0.15) is 12.9 Å². The molecule has 3 heterocycles. The first kappa shape index (κ1) is 82.1. The number of nitrogens with zero attached hydrogens (tertiary/aromatic N) is 6. The van der Waals surface area contributed by atoms with Gasteiger partial charge in [0.05, 0.1) is 18.8 Å². The SMILES string of the molecule is CS(=O)(=O)N1CCN(C(=O)[C@H](CCC=O)NC(=O)c2ccc(F)cc2)CC1.CS(=O)(=O)N1CCN(C(=O)[C@H](CCCN[C@@H]2C[C@H]2c2ccc(F)cc2)NC(=O)c2ccc(F)cc2)CC1.CS(=O)(=O)N1CCN(C(=O)[C@H](CCCO)NC(=O)c2ccc(F)cc2)CC1.N[C@@H]1C[C@H]1c1ccc(F)cc1.[2H]C. The van der Waals surface area contributed by atoms with Crippen LogP contribution < -0.4 is 27.0 Å². The molecular weight excluding hydrogens is 1410 g/mol. The fourth-order valence-corrected chi connectivity index (χ4v) is 14.1. The lowest BCUT2D eigenvalue weighted by Crippen LogP contribution is -2.55. The molecule has 3 aliphatic heterocycles. The Morgan fingerprint density at radius 1 is 0.476 bits per heavy atom. The number of aliphatic hydroxyl groups excluding tert-OH is 1. The molecule has 5 aromatic carbocycles. The van der Waals surface area contributed by atoms with Crippen LogP contribution in [0.3, 0.4) is 0 Å². The number of sulfonamides is 3. The number of nitrogens with two attached hydrogens (primary N) is 1. The van der Waals surface area contributed by atoms with E-state index in [0.29, 0.717) is 50.0 Å². The van der Waals surface area contributed by atoms with Crippen LogP contribution in [0.4, 0.5) is 22.0 Å². The Balaban J connectivity index is 0.000000228.